The number of alkyl halides is 1. The molecule has 0 aromatic heterocycles. The van der Waals surface area contributed by atoms with E-state index in [0.29, 0.717) is 11.8 Å². The van der Waals surface area contributed by atoms with Crippen molar-refractivity contribution in [1.29, 1.82) is 0 Å². The minimum absolute atomic E-state index is 0.491. The fourth-order valence-corrected chi connectivity index (χ4v) is 0.958. The fraction of sp³-hybridized carbons (Fsp3) is 0.429. The van der Waals surface area contributed by atoms with Gasteiger partial charge in [-0.3, -0.25) is 0 Å². The van der Waals surface area contributed by atoms with Gasteiger partial charge < -0.3 is 0 Å². The zero-order chi connectivity index (χ0) is 5.82. The minimum Gasteiger partial charge on any atom is -0.126 e. The highest BCUT2D eigenvalue weighted by Crippen LogP contribution is 2.09. The molecule has 0 saturated heterocycles. The van der Waals surface area contributed by atoms with Crippen LogP contribution in [0.2, 0.25) is 0 Å². The van der Waals surface area contributed by atoms with E-state index in [2.05, 4.69) is 24.3 Å². The molecule has 0 saturated carbocycles. The van der Waals surface area contributed by atoms with E-state index >= 15 is 0 Å². The van der Waals surface area contributed by atoms with Gasteiger partial charge in [0.25, 0.3) is 0 Å². The molecule has 0 atom stereocenters. The number of allylic oxidation sites excluding steroid dienone is 4. The molecular formula is C7H9Cl. The molecule has 1 heteroatoms. The summed E-state index contributed by atoms with van der Waals surface area (Å²) in [6.45, 7) is 0. The lowest BCUT2D eigenvalue weighted by Crippen LogP contribution is -1.94. The average molecular weight is 129 g/mol. The molecule has 0 aromatic rings. The van der Waals surface area contributed by atoms with Crippen LogP contribution in [0.4, 0.5) is 0 Å². The van der Waals surface area contributed by atoms with Crippen molar-refractivity contribution in [3.05, 3.63) is 24.3 Å². The van der Waals surface area contributed by atoms with E-state index in [-0.39, 0.29) is 0 Å². The molecule has 0 heterocycles. The van der Waals surface area contributed by atoms with E-state index in [1.165, 1.54) is 0 Å². The third kappa shape index (κ3) is 1.38. The Morgan fingerprint density at radius 1 is 1.38 bits per heavy atom. The second-order valence-corrected chi connectivity index (χ2v) is 2.22. The third-order valence-electron chi connectivity index (χ3n) is 1.22. The summed E-state index contributed by atoms with van der Waals surface area (Å²) in [5.74, 6) is 1.21. The number of hydrogen-bond donors (Lipinski definition) is 0. The first-order valence-electron chi connectivity index (χ1n) is 2.83. The minimum atomic E-state index is 0.491. The molecule has 0 unspecified atom stereocenters. The average Bonchev–Trinajstić information content (AvgIpc) is 1.90. The molecule has 8 heavy (non-hydrogen) atoms. The van der Waals surface area contributed by atoms with Gasteiger partial charge in [-0.2, -0.15) is 0 Å². The first-order valence-corrected chi connectivity index (χ1v) is 3.36. The first kappa shape index (κ1) is 5.90. The molecule has 1 aliphatic carbocycles. The van der Waals surface area contributed by atoms with Gasteiger partial charge in [-0.1, -0.05) is 24.3 Å². The normalized spacial score (nSPS) is 19.6. The molecule has 0 spiro atoms. The van der Waals surface area contributed by atoms with Crippen LogP contribution >= 0.6 is 11.6 Å². The van der Waals surface area contributed by atoms with Crippen molar-refractivity contribution in [3.63, 3.8) is 0 Å². The fourth-order valence-electron chi connectivity index (χ4n) is 0.752. The molecule has 0 N–H and O–H groups in total. The molecule has 0 amide bonds. The van der Waals surface area contributed by atoms with Gasteiger partial charge in [0.1, 0.15) is 0 Å². The summed E-state index contributed by atoms with van der Waals surface area (Å²) >= 11 is 5.58. The van der Waals surface area contributed by atoms with Crippen LogP contribution in [0.5, 0.6) is 0 Å². The summed E-state index contributed by atoms with van der Waals surface area (Å²) in [5.41, 5.74) is 0. The van der Waals surface area contributed by atoms with Gasteiger partial charge in [0.05, 0.1) is 0 Å². The van der Waals surface area contributed by atoms with Crippen molar-refractivity contribution in [2.24, 2.45) is 5.92 Å². The number of rotatable bonds is 1. The van der Waals surface area contributed by atoms with Crippen LogP contribution in [-0.4, -0.2) is 5.88 Å². The van der Waals surface area contributed by atoms with Gasteiger partial charge >= 0.3 is 0 Å². The first-order chi connectivity index (χ1) is 3.93. The van der Waals surface area contributed by atoms with Crippen LogP contribution in [0.3, 0.4) is 0 Å². The van der Waals surface area contributed by atoms with Crippen molar-refractivity contribution in [1.82, 2.24) is 0 Å². The van der Waals surface area contributed by atoms with Gasteiger partial charge in [0, 0.05) is 11.8 Å². The van der Waals surface area contributed by atoms with Crippen LogP contribution in [0.1, 0.15) is 6.42 Å². The van der Waals surface area contributed by atoms with Crippen LogP contribution in [-0.2, 0) is 0 Å². The second-order valence-electron chi connectivity index (χ2n) is 1.91. The van der Waals surface area contributed by atoms with Crippen molar-refractivity contribution in [2.75, 3.05) is 5.88 Å². The predicted octanol–water partition coefficient (Wildman–Crippen LogP) is 2.36. The van der Waals surface area contributed by atoms with Crippen LogP contribution in [0, 0.1) is 5.92 Å². The van der Waals surface area contributed by atoms with Crippen LogP contribution < -0.4 is 0 Å². The standard InChI is InChI=1S/C7H9Cl/c8-6-7-4-2-1-3-5-7/h2-5,7H,1,6H2. The zero-order valence-corrected chi connectivity index (χ0v) is 5.43. The van der Waals surface area contributed by atoms with Crippen LogP contribution in [0.15, 0.2) is 24.3 Å². The van der Waals surface area contributed by atoms with Gasteiger partial charge in [-0.15, -0.1) is 11.6 Å². The highest BCUT2D eigenvalue weighted by atomic mass is 35.5. The largest absolute Gasteiger partial charge is 0.126 e. The van der Waals surface area contributed by atoms with Crippen molar-refractivity contribution < 1.29 is 0 Å². The Kier molecular flexibility index (Phi) is 2.16. The van der Waals surface area contributed by atoms with Crippen molar-refractivity contribution in [2.45, 2.75) is 6.42 Å². The molecule has 0 fully saturated rings. The molecule has 0 radical (unpaired) electrons. The summed E-state index contributed by atoms with van der Waals surface area (Å²) in [5, 5.41) is 0. The molecular weight excluding hydrogens is 120 g/mol. The van der Waals surface area contributed by atoms with E-state index in [4.69, 9.17) is 11.6 Å². The quantitative estimate of drug-likeness (QED) is 0.376. The Morgan fingerprint density at radius 2 is 2.00 bits per heavy atom. The van der Waals surface area contributed by atoms with Crippen LogP contribution in [0.25, 0.3) is 0 Å². The number of halogens is 1. The lowest BCUT2D eigenvalue weighted by molar-refractivity contribution is 0.920. The van der Waals surface area contributed by atoms with E-state index in [1.54, 1.807) is 0 Å². The van der Waals surface area contributed by atoms with E-state index in [0.717, 1.165) is 6.42 Å². The maximum Gasteiger partial charge on any atom is 0.0321 e. The molecule has 0 aliphatic heterocycles. The Hall–Kier alpha value is -0.230. The molecule has 44 valence electrons. The molecule has 1 aliphatic rings. The predicted molar refractivity (Wildman–Crippen MR) is 37.1 cm³/mol. The summed E-state index contributed by atoms with van der Waals surface area (Å²) < 4.78 is 0. The lowest BCUT2D eigenvalue weighted by Gasteiger charge is -2.03. The Balaban J connectivity index is 2.42. The van der Waals surface area contributed by atoms with Gasteiger partial charge in [-0.05, 0) is 6.42 Å². The zero-order valence-electron chi connectivity index (χ0n) is 4.68. The Labute approximate surface area is 54.8 Å². The monoisotopic (exact) mass is 128 g/mol. The van der Waals surface area contributed by atoms with Gasteiger partial charge in [0.2, 0.25) is 0 Å². The Morgan fingerprint density at radius 3 is 2.38 bits per heavy atom. The molecule has 1 rings (SSSR count). The summed E-state index contributed by atoms with van der Waals surface area (Å²) in [4.78, 5) is 0. The highest BCUT2D eigenvalue weighted by molar-refractivity contribution is 6.18. The van der Waals surface area contributed by atoms with Gasteiger partial charge in [0.15, 0.2) is 0 Å². The summed E-state index contributed by atoms with van der Waals surface area (Å²) in [6, 6.07) is 0. The lowest BCUT2D eigenvalue weighted by atomic mass is 10.1. The molecule has 0 aromatic carbocycles. The topological polar surface area (TPSA) is 0 Å². The second kappa shape index (κ2) is 2.93. The highest BCUT2D eigenvalue weighted by Gasteiger charge is 1.97. The maximum atomic E-state index is 5.58. The Bertz CT molecular complexity index is 102. The molecule has 0 bridgehead atoms. The smallest absolute Gasteiger partial charge is 0.0321 e. The maximum absolute atomic E-state index is 5.58. The van der Waals surface area contributed by atoms with Crippen molar-refractivity contribution in [3.8, 4) is 0 Å². The number of hydrogen-bond acceptors (Lipinski definition) is 0. The molecule has 0 nitrogen and oxygen atoms in total. The van der Waals surface area contributed by atoms with Gasteiger partial charge in [-0.25, -0.2) is 0 Å². The van der Waals surface area contributed by atoms with E-state index in [9.17, 15) is 0 Å². The summed E-state index contributed by atoms with van der Waals surface area (Å²) in [6.07, 6.45) is 9.66. The van der Waals surface area contributed by atoms with E-state index in [1.807, 2.05) is 0 Å². The summed E-state index contributed by atoms with van der Waals surface area (Å²) in [7, 11) is 0. The van der Waals surface area contributed by atoms with Crippen molar-refractivity contribution >= 4 is 11.6 Å². The van der Waals surface area contributed by atoms with E-state index < -0.39 is 0 Å². The third-order valence-corrected chi connectivity index (χ3v) is 1.57. The SMILES string of the molecule is ClCC1C=CCC=C1.